The van der Waals surface area contributed by atoms with Gasteiger partial charge in [-0.1, -0.05) is 13.2 Å². The number of hydrogen-bond donors (Lipinski definition) is 2. The minimum Gasteiger partial charge on any atom is -0.492 e. The Balaban J connectivity index is 3.34. The molecule has 12 heavy (non-hydrogen) atoms. The summed E-state index contributed by atoms with van der Waals surface area (Å²) in [5.74, 6) is 0.277. The van der Waals surface area contributed by atoms with Crippen molar-refractivity contribution in [1.82, 2.24) is 9.55 Å². The quantitative estimate of drug-likeness (QED) is 0.699. The van der Waals surface area contributed by atoms with Crippen LogP contribution in [0.2, 0.25) is 0 Å². The Morgan fingerprint density at radius 3 is 2.58 bits per heavy atom. The molecule has 0 fully saturated rings. The molecule has 0 amide bonds. The Kier molecular flexibility index (Phi) is 2.30. The number of rotatable bonds is 3. The van der Waals surface area contributed by atoms with Gasteiger partial charge in [-0.25, -0.2) is 0 Å². The second kappa shape index (κ2) is 3.23. The Labute approximate surface area is 70.1 Å². The molecule has 0 radical (unpaired) electrons. The van der Waals surface area contributed by atoms with Crippen molar-refractivity contribution in [1.29, 1.82) is 0 Å². The van der Waals surface area contributed by atoms with E-state index in [1.165, 1.54) is 16.8 Å². The van der Waals surface area contributed by atoms with E-state index in [1.807, 2.05) is 0 Å². The fourth-order valence-corrected chi connectivity index (χ4v) is 0.968. The van der Waals surface area contributed by atoms with E-state index in [2.05, 4.69) is 18.1 Å². The summed E-state index contributed by atoms with van der Waals surface area (Å²) in [6, 6.07) is 0. The van der Waals surface area contributed by atoms with Gasteiger partial charge in [0.2, 0.25) is 5.88 Å². The van der Waals surface area contributed by atoms with E-state index >= 15 is 0 Å². The molecule has 0 aliphatic carbocycles. The maximum atomic E-state index is 9.19. The third-order valence-corrected chi connectivity index (χ3v) is 1.53. The predicted molar refractivity (Wildman–Crippen MR) is 46.3 cm³/mol. The second-order valence-corrected chi connectivity index (χ2v) is 2.16. The Morgan fingerprint density at radius 1 is 1.50 bits per heavy atom. The minimum atomic E-state index is -0.279. The van der Waals surface area contributed by atoms with Crippen LogP contribution in [0.5, 0.6) is 5.88 Å². The second-order valence-electron chi connectivity index (χ2n) is 2.16. The van der Waals surface area contributed by atoms with Crippen LogP contribution in [0.1, 0.15) is 11.5 Å². The van der Waals surface area contributed by atoms with Crippen molar-refractivity contribution >= 4 is 12.3 Å². The van der Waals surface area contributed by atoms with Crippen LogP contribution < -0.4 is 0 Å². The molecule has 0 bridgehead atoms. The third kappa shape index (κ3) is 1.12. The van der Waals surface area contributed by atoms with Gasteiger partial charge in [0.1, 0.15) is 11.5 Å². The lowest BCUT2D eigenvalue weighted by Gasteiger charge is -1.99. The lowest BCUT2D eigenvalue weighted by atomic mass is 10.4. The zero-order valence-corrected chi connectivity index (χ0v) is 6.56. The standard InChI is InChI=1S/C8H10N2O2/c1-3-7-9-8(12)6(5-11)10(7)4-2/h3-4,11-12H,1-2,5H2. The molecule has 1 aromatic heterocycles. The first-order valence-corrected chi connectivity index (χ1v) is 3.40. The summed E-state index contributed by atoms with van der Waals surface area (Å²) in [6.07, 6.45) is 2.93. The van der Waals surface area contributed by atoms with Gasteiger partial charge in [-0.2, -0.15) is 4.98 Å². The van der Waals surface area contributed by atoms with Gasteiger partial charge in [-0.05, 0) is 6.08 Å². The summed E-state index contributed by atoms with van der Waals surface area (Å²) in [7, 11) is 0. The largest absolute Gasteiger partial charge is 0.492 e. The summed E-state index contributed by atoms with van der Waals surface area (Å²) in [6.45, 7) is 6.74. The number of hydrogen-bond acceptors (Lipinski definition) is 3. The number of aliphatic hydroxyl groups excluding tert-OH is 1. The molecular formula is C8H10N2O2. The first kappa shape index (κ1) is 8.55. The number of aromatic nitrogens is 2. The predicted octanol–water partition coefficient (Wildman–Crippen LogP) is 0.824. The summed E-state index contributed by atoms with van der Waals surface area (Å²) in [4.78, 5) is 3.74. The molecular weight excluding hydrogens is 156 g/mol. The topological polar surface area (TPSA) is 58.3 Å². The molecule has 0 spiro atoms. The number of nitrogens with zero attached hydrogens (tertiary/aromatic N) is 2. The zero-order valence-electron chi connectivity index (χ0n) is 6.56. The zero-order chi connectivity index (χ0) is 9.14. The van der Waals surface area contributed by atoms with Crippen LogP contribution in [0.3, 0.4) is 0 Å². The summed E-state index contributed by atoms with van der Waals surface area (Å²) >= 11 is 0. The van der Waals surface area contributed by atoms with Crippen molar-refractivity contribution in [2.75, 3.05) is 0 Å². The molecule has 64 valence electrons. The van der Waals surface area contributed by atoms with Crippen molar-refractivity contribution in [3.05, 3.63) is 24.7 Å². The van der Waals surface area contributed by atoms with Gasteiger partial charge in [-0.3, -0.25) is 4.57 Å². The van der Waals surface area contributed by atoms with Gasteiger partial charge >= 0.3 is 0 Å². The van der Waals surface area contributed by atoms with Crippen LogP contribution in [0.25, 0.3) is 12.3 Å². The van der Waals surface area contributed by atoms with Gasteiger partial charge in [0.25, 0.3) is 0 Å². The molecule has 0 saturated heterocycles. The molecule has 0 saturated carbocycles. The Bertz CT molecular complexity index is 315. The van der Waals surface area contributed by atoms with Crippen molar-refractivity contribution < 1.29 is 10.2 Å². The molecule has 1 aromatic rings. The van der Waals surface area contributed by atoms with E-state index in [1.54, 1.807) is 0 Å². The van der Waals surface area contributed by atoms with Gasteiger partial charge in [0.05, 0.1) is 6.61 Å². The molecule has 4 nitrogen and oxygen atoms in total. The first-order valence-electron chi connectivity index (χ1n) is 3.40. The molecule has 0 aromatic carbocycles. The molecule has 0 aliphatic rings. The number of imidazole rings is 1. The molecule has 1 heterocycles. The van der Waals surface area contributed by atoms with Gasteiger partial charge in [-0.15, -0.1) is 0 Å². The highest BCUT2D eigenvalue weighted by molar-refractivity contribution is 5.47. The van der Waals surface area contributed by atoms with E-state index < -0.39 is 0 Å². The SMILES string of the molecule is C=Cc1nc(O)c(CO)n1C=C. The Morgan fingerprint density at radius 2 is 2.17 bits per heavy atom. The van der Waals surface area contributed by atoms with Crippen molar-refractivity contribution in [3.63, 3.8) is 0 Å². The lowest BCUT2D eigenvalue weighted by molar-refractivity contribution is 0.268. The molecule has 1 rings (SSSR count). The monoisotopic (exact) mass is 166 g/mol. The average Bonchev–Trinajstić information content (AvgIpc) is 2.40. The summed E-state index contributed by atoms with van der Waals surface area (Å²) < 4.78 is 1.47. The summed E-state index contributed by atoms with van der Waals surface area (Å²) in [5, 5.41) is 18.0. The summed E-state index contributed by atoms with van der Waals surface area (Å²) in [5.41, 5.74) is 0.319. The van der Waals surface area contributed by atoms with E-state index in [-0.39, 0.29) is 12.5 Å². The minimum absolute atomic E-state index is 0.188. The van der Waals surface area contributed by atoms with Crippen LogP contribution in [0, 0.1) is 0 Å². The molecule has 2 N–H and O–H groups in total. The first-order chi connectivity index (χ1) is 5.74. The fourth-order valence-electron chi connectivity index (χ4n) is 0.968. The van der Waals surface area contributed by atoms with E-state index in [4.69, 9.17) is 5.11 Å². The lowest BCUT2D eigenvalue weighted by Crippen LogP contribution is -1.95. The third-order valence-electron chi connectivity index (χ3n) is 1.53. The smallest absolute Gasteiger partial charge is 0.235 e. The number of aliphatic hydroxyl groups is 1. The van der Waals surface area contributed by atoms with E-state index in [0.717, 1.165) is 0 Å². The maximum Gasteiger partial charge on any atom is 0.235 e. The van der Waals surface area contributed by atoms with E-state index in [9.17, 15) is 5.11 Å². The van der Waals surface area contributed by atoms with Crippen molar-refractivity contribution in [3.8, 4) is 5.88 Å². The number of aromatic hydroxyl groups is 1. The van der Waals surface area contributed by atoms with E-state index in [0.29, 0.717) is 11.5 Å². The van der Waals surface area contributed by atoms with Crippen LogP contribution in [-0.2, 0) is 6.61 Å². The molecule has 4 heteroatoms. The molecule has 0 unspecified atom stereocenters. The normalized spacial score (nSPS) is 9.75. The van der Waals surface area contributed by atoms with Gasteiger partial charge in [0, 0.05) is 6.20 Å². The van der Waals surface area contributed by atoms with Crippen LogP contribution >= 0.6 is 0 Å². The van der Waals surface area contributed by atoms with Gasteiger partial charge in [0.15, 0.2) is 0 Å². The van der Waals surface area contributed by atoms with Crippen LogP contribution in [0.15, 0.2) is 13.2 Å². The van der Waals surface area contributed by atoms with Crippen LogP contribution in [0.4, 0.5) is 0 Å². The molecule has 0 atom stereocenters. The van der Waals surface area contributed by atoms with Crippen LogP contribution in [-0.4, -0.2) is 19.8 Å². The van der Waals surface area contributed by atoms with Crippen molar-refractivity contribution in [2.45, 2.75) is 6.61 Å². The average molecular weight is 166 g/mol. The highest BCUT2D eigenvalue weighted by Crippen LogP contribution is 2.18. The van der Waals surface area contributed by atoms with Gasteiger partial charge < -0.3 is 10.2 Å². The molecule has 0 aliphatic heterocycles. The van der Waals surface area contributed by atoms with Crippen molar-refractivity contribution in [2.24, 2.45) is 0 Å². The highest BCUT2D eigenvalue weighted by atomic mass is 16.3. The Hall–Kier alpha value is -1.55. The maximum absolute atomic E-state index is 9.19. The highest BCUT2D eigenvalue weighted by Gasteiger charge is 2.10. The fraction of sp³-hybridized carbons (Fsp3) is 0.125.